The number of thioether (sulfide) groups is 1. The highest BCUT2D eigenvalue weighted by Crippen LogP contribution is 2.41. The molecule has 0 aliphatic heterocycles. The minimum absolute atomic E-state index is 0.118. The van der Waals surface area contributed by atoms with E-state index in [2.05, 4.69) is 32.9 Å². The average molecular weight is 349 g/mol. The van der Waals surface area contributed by atoms with Crippen molar-refractivity contribution in [2.75, 3.05) is 0 Å². The molecule has 0 aliphatic rings. The highest BCUT2D eigenvalue weighted by atomic mass is 35.5. The quantitative estimate of drug-likeness (QED) is 0.654. The van der Waals surface area contributed by atoms with Crippen LogP contribution in [0.1, 0.15) is 40.3 Å². The van der Waals surface area contributed by atoms with Crippen molar-refractivity contribution >= 4 is 29.3 Å². The first kappa shape index (κ1) is 17.9. The first-order chi connectivity index (χ1) is 10.9. The van der Waals surface area contributed by atoms with Gasteiger partial charge in [0.2, 0.25) is 0 Å². The van der Waals surface area contributed by atoms with Gasteiger partial charge in [-0.05, 0) is 68.1 Å². The van der Waals surface area contributed by atoms with Gasteiger partial charge >= 0.3 is 5.97 Å². The number of rotatable bonds is 6. The van der Waals surface area contributed by atoms with Crippen molar-refractivity contribution in [2.24, 2.45) is 0 Å². The Bertz CT molecular complexity index is 672. The molecule has 122 valence electrons. The maximum Gasteiger partial charge on any atom is 0.303 e. The molecule has 0 saturated carbocycles. The Labute approximate surface area is 146 Å². The number of benzene rings is 2. The van der Waals surface area contributed by atoms with Gasteiger partial charge in [0.15, 0.2) is 0 Å². The number of hydrogen-bond donors (Lipinski definition) is 1. The van der Waals surface area contributed by atoms with Gasteiger partial charge in [-0.1, -0.05) is 29.3 Å². The van der Waals surface area contributed by atoms with Crippen LogP contribution in [-0.4, -0.2) is 11.1 Å². The molecule has 1 atom stereocenters. The molecule has 2 aromatic carbocycles. The molecule has 0 saturated heterocycles. The minimum atomic E-state index is -0.755. The highest BCUT2D eigenvalue weighted by molar-refractivity contribution is 7.99. The maximum atomic E-state index is 11.0. The lowest BCUT2D eigenvalue weighted by Gasteiger charge is -2.21. The first-order valence-corrected chi connectivity index (χ1v) is 8.84. The molecule has 0 radical (unpaired) electrons. The van der Waals surface area contributed by atoms with Gasteiger partial charge < -0.3 is 5.11 Å². The van der Waals surface area contributed by atoms with Gasteiger partial charge in [-0.2, -0.15) is 0 Å². The predicted molar refractivity (Wildman–Crippen MR) is 97.6 cm³/mol. The van der Waals surface area contributed by atoms with Crippen molar-refractivity contribution in [3.63, 3.8) is 0 Å². The number of carbonyl (C=O) groups is 1. The molecule has 23 heavy (non-hydrogen) atoms. The Kier molecular flexibility index (Phi) is 6.14. The zero-order valence-corrected chi connectivity index (χ0v) is 15.2. The summed E-state index contributed by atoms with van der Waals surface area (Å²) in [4.78, 5) is 12.1. The Hall–Kier alpha value is -1.45. The van der Waals surface area contributed by atoms with Crippen LogP contribution in [0, 0.1) is 20.8 Å². The second-order valence-electron chi connectivity index (χ2n) is 5.81. The van der Waals surface area contributed by atoms with E-state index in [0.29, 0.717) is 11.4 Å². The molecule has 0 aliphatic carbocycles. The van der Waals surface area contributed by atoms with Crippen LogP contribution in [-0.2, 0) is 4.79 Å². The van der Waals surface area contributed by atoms with Crippen molar-refractivity contribution in [2.45, 2.75) is 43.8 Å². The molecule has 1 unspecified atom stereocenters. The van der Waals surface area contributed by atoms with Crippen molar-refractivity contribution in [1.82, 2.24) is 0 Å². The van der Waals surface area contributed by atoms with Crippen molar-refractivity contribution in [3.05, 3.63) is 63.7 Å². The van der Waals surface area contributed by atoms with E-state index in [0.717, 1.165) is 4.90 Å². The van der Waals surface area contributed by atoms with Gasteiger partial charge in [0.1, 0.15) is 0 Å². The van der Waals surface area contributed by atoms with E-state index in [1.54, 1.807) is 11.8 Å². The summed E-state index contributed by atoms with van der Waals surface area (Å²) in [6, 6.07) is 12.0. The Balaban J connectivity index is 2.33. The summed E-state index contributed by atoms with van der Waals surface area (Å²) in [6.07, 6.45) is 0.769. The van der Waals surface area contributed by atoms with E-state index >= 15 is 0 Å². The fourth-order valence-electron chi connectivity index (χ4n) is 2.89. The van der Waals surface area contributed by atoms with Gasteiger partial charge in [0.25, 0.3) is 0 Å². The zero-order chi connectivity index (χ0) is 17.0. The number of hydrogen-bond acceptors (Lipinski definition) is 2. The first-order valence-electron chi connectivity index (χ1n) is 7.58. The third-order valence-electron chi connectivity index (χ3n) is 3.77. The van der Waals surface area contributed by atoms with Crippen LogP contribution in [0.5, 0.6) is 0 Å². The molecule has 0 fully saturated rings. The molecule has 2 aromatic rings. The predicted octanol–water partition coefficient (Wildman–Crippen LogP) is 5.96. The minimum Gasteiger partial charge on any atom is -0.481 e. The van der Waals surface area contributed by atoms with Crippen LogP contribution in [0.25, 0.3) is 0 Å². The second-order valence-corrected chi connectivity index (χ2v) is 7.52. The monoisotopic (exact) mass is 348 g/mol. The number of aryl methyl sites for hydroxylation is 3. The zero-order valence-electron chi connectivity index (χ0n) is 13.6. The normalized spacial score (nSPS) is 12.2. The fourth-order valence-corrected chi connectivity index (χ4v) is 4.37. The van der Waals surface area contributed by atoms with Crippen molar-refractivity contribution < 1.29 is 9.90 Å². The van der Waals surface area contributed by atoms with Crippen LogP contribution in [0.2, 0.25) is 5.02 Å². The number of carboxylic acids is 1. The van der Waals surface area contributed by atoms with Crippen LogP contribution in [0.3, 0.4) is 0 Å². The lowest BCUT2D eigenvalue weighted by Crippen LogP contribution is -2.04. The Morgan fingerprint density at radius 3 is 2.22 bits per heavy atom. The standard InChI is InChI=1S/C19H21ClO2S/c1-12-10-13(2)19(14(3)11-12)17(8-9-18(21)22)23-16-6-4-15(20)5-7-16/h4-7,10-11,17H,8-9H2,1-3H3,(H,21,22). The average Bonchev–Trinajstić information content (AvgIpc) is 2.45. The lowest BCUT2D eigenvalue weighted by molar-refractivity contribution is -0.137. The summed E-state index contributed by atoms with van der Waals surface area (Å²) in [5, 5.41) is 9.89. The third kappa shape index (κ3) is 5.02. The van der Waals surface area contributed by atoms with E-state index in [1.807, 2.05) is 24.3 Å². The van der Waals surface area contributed by atoms with Crippen LogP contribution in [0.4, 0.5) is 0 Å². The summed E-state index contributed by atoms with van der Waals surface area (Å²) in [5.74, 6) is -0.755. The van der Waals surface area contributed by atoms with E-state index in [-0.39, 0.29) is 11.7 Å². The molecule has 2 rings (SSSR count). The number of halogens is 1. The summed E-state index contributed by atoms with van der Waals surface area (Å²) in [6.45, 7) is 6.29. The fraction of sp³-hybridized carbons (Fsp3) is 0.316. The molecule has 1 N–H and O–H groups in total. The van der Waals surface area contributed by atoms with Gasteiger partial charge in [-0.15, -0.1) is 11.8 Å². The SMILES string of the molecule is Cc1cc(C)c(C(CCC(=O)O)Sc2ccc(Cl)cc2)c(C)c1. The van der Waals surface area contributed by atoms with E-state index < -0.39 is 5.97 Å². The smallest absolute Gasteiger partial charge is 0.303 e. The number of carboxylic acid groups (broad SMARTS) is 1. The highest BCUT2D eigenvalue weighted by Gasteiger charge is 2.19. The van der Waals surface area contributed by atoms with E-state index in [9.17, 15) is 4.79 Å². The molecule has 0 aromatic heterocycles. The van der Waals surface area contributed by atoms with Crippen molar-refractivity contribution in [1.29, 1.82) is 0 Å². The summed E-state index contributed by atoms with van der Waals surface area (Å²) >= 11 is 7.65. The van der Waals surface area contributed by atoms with E-state index in [1.165, 1.54) is 22.3 Å². The Morgan fingerprint density at radius 1 is 1.13 bits per heavy atom. The van der Waals surface area contributed by atoms with Gasteiger partial charge in [-0.3, -0.25) is 4.79 Å². The lowest BCUT2D eigenvalue weighted by atomic mass is 9.95. The topological polar surface area (TPSA) is 37.3 Å². The summed E-state index contributed by atoms with van der Waals surface area (Å²) < 4.78 is 0. The van der Waals surface area contributed by atoms with Gasteiger partial charge in [0.05, 0.1) is 0 Å². The molecule has 0 bridgehead atoms. The molecule has 0 amide bonds. The van der Waals surface area contributed by atoms with E-state index in [4.69, 9.17) is 16.7 Å². The molecule has 2 nitrogen and oxygen atoms in total. The van der Waals surface area contributed by atoms with Crippen LogP contribution < -0.4 is 0 Å². The van der Waals surface area contributed by atoms with Crippen LogP contribution >= 0.6 is 23.4 Å². The Morgan fingerprint density at radius 2 is 1.70 bits per heavy atom. The third-order valence-corrected chi connectivity index (χ3v) is 5.32. The molecule has 0 spiro atoms. The summed E-state index contributed by atoms with van der Waals surface area (Å²) in [7, 11) is 0. The molecular formula is C19H21ClO2S. The van der Waals surface area contributed by atoms with Gasteiger partial charge in [0, 0.05) is 21.6 Å². The largest absolute Gasteiger partial charge is 0.481 e. The summed E-state index contributed by atoms with van der Waals surface area (Å²) in [5.41, 5.74) is 4.92. The van der Waals surface area contributed by atoms with Crippen molar-refractivity contribution in [3.8, 4) is 0 Å². The maximum absolute atomic E-state index is 11.0. The number of aliphatic carboxylic acids is 1. The molecule has 0 heterocycles. The van der Waals surface area contributed by atoms with Gasteiger partial charge in [-0.25, -0.2) is 0 Å². The second kappa shape index (κ2) is 7.89. The van der Waals surface area contributed by atoms with Crippen LogP contribution in [0.15, 0.2) is 41.3 Å². The molecule has 4 heteroatoms. The molecular weight excluding hydrogens is 328 g/mol.